The van der Waals surface area contributed by atoms with Crippen molar-refractivity contribution in [3.63, 3.8) is 0 Å². The average molecular weight is 569 g/mol. The predicted molar refractivity (Wildman–Crippen MR) is 134 cm³/mol. The van der Waals surface area contributed by atoms with Crippen LogP contribution in [0.25, 0.3) is 0 Å². The first-order chi connectivity index (χ1) is 17.4. The van der Waals surface area contributed by atoms with E-state index in [0.29, 0.717) is 11.0 Å². The average Bonchev–Trinajstić information content (AvgIpc) is 2.90. The standard InChI is InChI=1S/C29H29FN2O4.BrH/c30-24-17-22(11-12-25(24)33)26(34)18-32-15-13-20(14-16-32)27(19-32)36-29(35)28(21-7-3-1-4-8-21)31-23-9-5-2-6-10-23;/h1-12,17,20,27-28,31H,13-16,18-19H2;1H/t20?,27-,28+,32?;/m0./s1. The van der Waals surface area contributed by atoms with Crippen LogP contribution in [-0.4, -0.2) is 53.6 Å². The summed E-state index contributed by atoms with van der Waals surface area (Å²) in [6.45, 7) is 2.44. The minimum atomic E-state index is -0.803. The first kappa shape index (κ1) is 26.8. The molecule has 6 rings (SSSR count). The van der Waals surface area contributed by atoms with E-state index in [2.05, 4.69) is 5.32 Å². The third kappa shape index (κ3) is 6.02. The molecule has 3 aliphatic heterocycles. The smallest absolute Gasteiger partial charge is 0.333 e. The van der Waals surface area contributed by atoms with Crippen molar-refractivity contribution in [1.82, 2.24) is 0 Å². The maximum Gasteiger partial charge on any atom is 0.333 e. The lowest BCUT2D eigenvalue weighted by atomic mass is 9.82. The Bertz CT molecular complexity index is 1230. The second-order valence-electron chi connectivity index (χ2n) is 9.89. The van der Waals surface area contributed by atoms with E-state index < -0.39 is 17.6 Å². The maximum absolute atomic E-state index is 13.8. The second kappa shape index (κ2) is 11.4. The molecule has 3 aromatic rings. The Kier molecular flexibility index (Phi) is 8.29. The summed E-state index contributed by atoms with van der Waals surface area (Å²) in [4.78, 5) is 26.5. The van der Waals surface area contributed by atoms with Crippen LogP contribution in [0.3, 0.4) is 0 Å². The number of rotatable bonds is 8. The number of aromatic hydroxyl groups is 1. The molecule has 0 aliphatic carbocycles. The van der Waals surface area contributed by atoms with Crippen LogP contribution in [0.2, 0.25) is 0 Å². The number of ketones is 1. The van der Waals surface area contributed by atoms with Gasteiger partial charge in [-0.05, 0) is 35.9 Å². The molecule has 194 valence electrons. The Labute approximate surface area is 226 Å². The Balaban J connectivity index is 0.00000320. The number of nitrogens with one attached hydrogen (secondary N) is 1. The van der Waals surface area contributed by atoms with Gasteiger partial charge in [0.15, 0.2) is 23.7 Å². The molecule has 0 aromatic heterocycles. The lowest BCUT2D eigenvalue weighted by Gasteiger charge is -2.51. The lowest BCUT2D eigenvalue weighted by molar-refractivity contribution is -0.938. The molecular weight excluding hydrogens is 539 g/mol. The number of halogens is 2. The predicted octanol–water partition coefficient (Wildman–Crippen LogP) is 1.72. The van der Waals surface area contributed by atoms with Crippen molar-refractivity contribution in [3.8, 4) is 5.75 Å². The summed E-state index contributed by atoms with van der Waals surface area (Å²) < 4.78 is 20.5. The molecule has 2 atom stereocenters. The van der Waals surface area contributed by atoms with Crippen molar-refractivity contribution >= 4 is 17.4 Å². The van der Waals surface area contributed by atoms with Crippen molar-refractivity contribution < 1.29 is 45.3 Å². The zero-order valence-corrected chi connectivity index (χ0v) is 21.9. The molecule has 0 spiro atoms. The summed E-state index contributed by atoms with van der Waals surface area (Å²) in [6.07, 6.45) is 1.46. The van der Waals surface area contributed by atoms with Crippen molar-refractivity contribution in [3.05, 3.63) is 95.8 Å². The highest BCUT2D eigenvalue weighted by molar-refractivity contribution is 5.97. The van der Waals surface area contributed by atoms with Crippen molar-refractivity contribution in [2.24, 2.45) is 5.92 Å². The van der Waals surface area contributed by atoms with Crippen LogP contribution in [0.1, 0.15) is 34.8 Å². The van der Waals surface area contributed by atoms with Crippen molar-refractivity contribution in [2.75, 3.05) is 31.5 Å². The van der Waals surface area contributed by atoms with Crippen LogP contribution >= 0.6 is 0 Å². The highest BCUT2D eigenvalue weighted by Gasteiger charge is 2.49. The van der Waals surface area contributed by atoms with E-state index in [1.807, 2.05) is 60.7 Å². The van der Waals surface area contributed by atoms with E-state index in [4.69, 9.17) is 4.74 Å². The molecule has 3 fully saturated rings. The number of quaternary nitrogens is 1. The number of phenolic OH excluding ortho intramolecular Hbond substituents is 1. The molecule has 8 heteroatoms. The highest BCUT2D eigenvalue weighted by Crippen LogP contribution is 2.37. The molecule has 6 nitrogen and oxygen atoms in total. The molecule has 3 saturated heterocycles. The van der Waals surface area contributed by atoms with E-state index >= 15 is 0 Å². The number of fused-ring (bicyclic) bond motifs is 3. The first-order valence-corrected chi connectivity index (χ1v) is 12.4. The van der Waals surface area contributed by atoms with Gasteiger partial charge in [-0.2, -0.15) is 0 Å². The van der Waals surface area contributed by atoms with Crippen LogP contribution in [0.4, 0.5) is 10.1 Å². The number of esters is 1. The Morgan fingerprint density at radius 3 is 2.30 bits per heavy atom. The van der Waals surface area contributed by atoms with Gasteiger partial charge in [0.25, 0.3) is 0 Å². The van der Waals surface area contributed by atoms with Crippen LogP contribution < -0.4 is 22.3 Å². The van der Waals surface area contributed by atoms with E-state index in [0.717, 1.165) is 43.2 Å². The zero-order valence-electron chi connectivity index (χ0n) is 20.4. The fourth-order valence-electron chi connectivity index (χ4n) is 5.50. The number of Topliss-reactive ketones (excluding diaryl/α,β-unsaturated/α-hetero) is 1. The van der Waals surface area contributed by atoms with Gasteiger partial charge in [-0.3, -0.25) is 4.79 Å². The van der Waals surface area contributed by atoms with E-state index in [1.165, 1.54) is 12.1 Å². The molecule has 0 amide bonds. The topological polar surface area (TPSA) is 75.6 Å². The minimum Gasteiger partial charge on any atom is -1.00 e. The Morgan fingerprint density at radius 1 is 1.00 bits per heavy atom. The van der Waals surface area contributed by atoms with Crippen molar-refractivity contribution in [2.45, 2.75) is 25.0 Å². The fourth-order valence-corrected chi connectivity index (χ4v) is 5.50. The molecule has 2 N–H and O–H groups in total. The molecule has 2 bridgehead atoms. The Hall–Kier alpha value is -3.23. The number of para-hydroxylation sites is 1. The minimum absolute atomic E-state index is 0. The molecular formula is C29H30BrFN2O4. The highest BCUT2D eigenvalue weighted by atomic mass is 79.9. The molecule has 3 aromatic carbocycles. The summed E-state index contributed by atoms with van der Waals surface area (Å²) in [7, 11) is 0. The number of hydrogen-bond acceptors (Lipinski definition) is 5. The van der Waals surface area contributed by atoms with E-state index in [9.17, 15) is 19.1 Å². The van der Waals surface area contributed by atoms with Gasteiger partial charge < -0.3 is 36.6 Å². The molecule has 0 radical (unpaired) electrons. The number of benzene rings is 3. The molecule has 0 unspecified atom stereocenters. The van der Waals surface area contributed by atoms with Crippen LogP contribution in [-0.2, 0) is 9.53 Å². The summed E-state index contributed by atoms with van der Waals surface area (Å²) in [5.41, 5.74) is 1.89. The molecule has 3 heterocycles. The summed E-state index contributed by atoms with van der Waals surface area (Å²) >= 11 is 0. The normalized spacial score (nSPS) is 22.9. The summed E-state index contributed by atoms with van der Waals surface area (Å²) in [6, 6.07) is 22.2. The van der Waals surface area contributed by atoms with Gasteiger partial charge in [-0.15, -0.1) is 0 Å². The number of piperidine rings is 3. The second-order valence-corrected chi connectivity index (χ2v) is 9.89. The SMILES string of the molecule is O=C(C[N+]12CCC(CC1)[C@@H](OC(=O)[C@H](Nc1ccccc1)c1ccccc1)C2)c1ccc(O)c(F)c1.[Br-]. The number of carbonyl (C=O) groups excluding carboxylic acids is 2. The molecule has 37 heavy (non-hydrogen) atoms. The van der Waals surface area contributed by atoms with Crippen LogP contribution in [0.15, 0.2) is 78.9 Å². The fraction of sp³-hybridized carbons (Fsp3) is 0.310. The maximum atomic E-state index is 13.8. The Morgan fingerprint density at radius 2 is 1.65 bits per heavy atom. The number of carbonyl (C=O) groups is 2. The lowest BCUT2D eigenvalue weighted by Crippen LogP contribution is -3.00. The number of ether oxygens (including phenoxy) is 1. The van der Waals surface area contributed by atoms with Gasteiger partial charge in [-0.1, -0.05) is 48.5 Å². The largest absolute Gasteiger partial charge is 1.00 e. The monoisotopic (exact) mass is 568 g/mol. The third-order valence-electron chi connectivity index (χ3n) is 7.51. The van der Waals surface area contributed by atoms with Gasteiger partial charge in [0, 0.05) is 30.0 Å². The zero-order chi connectivity index (χ0) is 25.1. The number of nitrogens with zero attached hydrogens (tertiary/aromatic N) is 1. The van der Waals surface area contributed by atoms with Gasteiger partial charge in [0.1, 0.15) is 13.1 Å². The van der Waals surface area contributed by atoms with Crippen molar-refractivity contribution in [1.29, 1.82) is 0 Å². The van der Waals surface area contributed by atoms with Crippen LogP contribution in [0.5, 0.6) is 5.75 Å². The third-order valence-corrected chi connectivity index (χ3v) is 7.51. The van der Waals surface area contributed by atoms with E-state index in [-0.39, 0.29) is 52.9 Å². The van der Waals surface area contributed by atoms with E-state index in [1.54, 1.807) is 0 Å². The number of hydrogen-bond donors (Lipinski definition) is 2. The van der Waals surface area contributed by atoms with Gasteiger partial charge in [0.2, 0.25) is 5.78 Å². The van der Waals surface area contributed by atoms with Crippen LogP contribution in [0, 0.1) is 11.7 Å². The quantitative estimate of drug-likeness (QED) is 0.246. The molecule has 0 saturated carbocycles. The van der Waals surface area contributed by atoms with Gasteiger partial charge >= 0.3 is 5.97 Å². The van der Waals surface area contributed by atoms with Gasteiger partial charge in [0.05, 0.1) is 13.1 Å². The number of anilines is 1. The number of phenols is 1. The molecule has 3 aliphatic rings. The summed E-state index contributed by atoms with van der Waals surface area (Å²) in [5, 5.41) is 12.8. The first-order valence-electron chi connectivity index (χ1n) is 12.4. The van der Waals surface area contributed by atoms with Gasteiger partial charge in [-0.25, -0.2) is 9.18 Å². The summed E-state index contributed by atoms with van der Waals surface area (Å²) in [5.74, 6) is -1.52.